The van der Waals surface area contributed by atoms with Crippen LogP contribution in [0.3, 0.4) is 0 Å². The number of anilines is 2. The number of aryl methyl sites for hydroxylation is 1. The van der Waals surface area contributed by atoms with Crippen molar-refractivity contribution in [1.29, 1.82) is 0 Å². The quantitative estimate of drug-likeness (QED) is 0.162. The molecule has 2 nitrogen and oxygen atoms in total. The minimum Gasteiger partial charge on any atom is -0.333 e. The zero-order valence-electron chi connectivity index (χ0n) is 35.8. The van der Waals surface area contributed by atoms with Crippen molar-refractivity contribution in [2.45, 2.75) is 37.1 Å². The van der Waals surface area contributed by atoms with Crippen molar-refractivity contribution in [2.75, 3.05) is 4.90 Å². The first kappa shape index (κ1) is 36.9. The number of hydrogen-bond donors (Lipinski definition) is 0. The number of aromatic nitrogens is 1. The number of rotatable bonds is 6. The number of para-hydroxylation sites is 2. The van der Waals surface area contributed by atoms with E-state index in [0.29, 0.717) is 0 Å². The third-order valence-electron chi connectivity index (χ3n) is 14.5. The van der Waals surface area contributed by atoms with E-state index >= 15 is 0 Å². The first-order valence-electron chi connectivity index (χ1n) is 22.8. The summed E-state index contributed by atoms with van der Waals surface area (Å²) in [7, 11) is 0. The van der Waals surface area contributed by atoms with E-state index in [2.05, 4.69) is 241 Å². The van der Waals surface area contributed by atoms with Crippen LogP contribution in [0.4, 0.5) is 11.4 Å². The molecule has 0 saturated heterocycles. The largest absolute Gasteiger partial charge is 0.333 e. The highest BCUT2D eigenvalue weighted by Gasteiger charge is 2.50. The number of hydrogen-bond acceptors (Lipinski definition) is 1. The van der Waals surface area contributed by atoms with Gasteiger partial charge in [-0.2, -0.15) is 0 Å². The van der Waals surface area contributed by atoms with Crippen LogP contribution in [0, 0.1) is 6.92 Å². The number of benzene rings is 8. The molecule has 64 heavy (non-hydrogen) atoms. The van der Waals surface area contributed by atoms with Crippen molar-refractivity contribution in [3.8, 4) is 16.8 Å². The zero-order valence-corrected chi connectivity index (χ0v) is 35.8. The lowest BCUT2D eigenvalue weighted by Gasteiger charge is -2.36. The smallest absolute Gasteiger partial charge is 0.0730 e. The maximum absolute atomic E-state index is 2.56. The minimum absolute atomic E-state index is 0.183. The average molecular weight is 819 g/mol. The molecule has 0 N–H and O–H groups in total. The molecule has 2 heteroatoms. The van der Waals surface area contributed by atoms with Gasteiger partial charge in [-0.05, 0) is 118 Å². The maximum atomic E-state index is 2.56. The standard InChI is InChI=1S/C62H46N2/c1-41-17-14-18-42(37-41)43-19-15-24-48(38-43)63-56-30-12-9-26-50(56)53-39-44(33-35-58(53)63)45-34-36-59-54(40-45)51-27-10-13-31-57(51)64(59)60-32-16-28-52-49-25-8-11-29-55(49)62(61(52)60,46-20-4-2-5-21-46)47-22-6-3-7-23-47/h2-7,9-10,12-40,53,58H,8,11H2,1H3. The molecule has 304 valence electrons. The Balaban J connectivity index is 0.958. The van der Waals surface area contributed by atoms with Crippen LogP contribution in [0.15, 0.2) is 230 Å². The first-order chi connectivity index (χ1) is 31.7. The van der Waals surface area contributed by atoms with E-state index in [9.17, 15) is 0 Å². The Kier molecular flexibility index (Phi) is 8.33. The van der Waals surface area contributed by atoms with E-state index in [-0.39, 0.29) is 12.0 Å². The van der Waals surface area contributed by atoms with E-state index in [1.165, 1.54) is 106 Å². The molecule has 8 aromatic carbocycles. The molecule has 2 heterocycles. The lowest BCUT2D eigenvalue weighted by atomic mass is 9.66. The first-order valence-corrected chi connectivity index (χ1v) is 22.8. The van der Waals surface area contributed by atoms with Gasteiger partial charge >= 0.3 is 0 Å². The monoisotopic (exact) mass is 818 g/mol. The minimum atomic E-state index is -0.472. The average Bonchev–Trinajstić information content (AvgIpc) is 3.98. The SMILES string of the molecule is Cc1cccc(-c2cccc(N3c4ccccc4C4C=C(c5ccc6c(c5)c5ccccc5n6-c5cccc6c5C(c5ccccc5)(c5ccccc5)C5=CCCC=C56)C=CC43)c2)c1. The Morgan fingerprint density at radius 1 is 0.531 bits per heavy atom. The zero-order chi connectivity index (χ0) is 42.4. The van der Waals surface area contributed by atoms with Gasteiger partial charge in [-0.15, -0.1) is 0 Å². The topological polar surface area (TPSA) is 8.17 Å². The molecule has 3 aliphatic carbocycles. The second-order valence-electron chi connectivity index (χ2n) is 17.9. The predicted octanol–water partition coefficient (Wildman–Crippen LogP) is 15.5. The van der Waals surface area contributed by atoms with Crippen LogP contribution in [-0.2, 0) is 5.41 Å². The molecule has 9 aromatic rings. The summed E-state index contributed by atoms with van der Waals surface area (Å²) < 4.78 is 2.56. The van der Waals surface area contributed by atoms with Gasteiger partial charge in [0.2, 0.25) is 0 Å². The lowest BCUT2D eigenvalue weighted by molar-refractivity contribution is 0.747. The van der Waals surface area contributed by atoms with E-state index in [0.717, 1.165) is 12.8 Å². The van der Waals surface area contributed by atoms with Crippen LogP contribution in [0.2, 0.25) is 0 Å². The Morgan fingerprint density at radius 2 is 1.22 bits per heavy atom. The molecule has 0 saturated carbocycles. The third-order valence-corrected chi connectivity index (χ3v) is 14.5. The fourth-order valence-corrected chi connectivity index (χ4v) is 11.8. The Hall–Kier alpha value is -7.68. The van der Waals surface area contributed by atoms with E-state index in [1.807, 2.05) is 0 Å². The summed E-state index contributed by atoms with van der Waals surface area (Å²) in [6.45, 7) is 2.17. The molecule has 13 rings (SSSR count). The Bertz CT molecular complexity index is 3430. The van der Waals surface area contributed by atoms with Gasteiger partial charge in [-0.1, -0.05) is 188 Å². The van der Waals surface area contributed by atoms with Crippen molar-refractivity contribution in [3.63, 3.8) is 0 Å². The third kappa shape index (κ3) is 5.39. The van der Waals surface area contributed by atoms with Gasteiger partial charge in [0.05, 0.1) is 28.2 Å². The summed E-state index contributed by atoms with van der Waals surface area (Å²) >= 11 is 0. The predicted molar refractivity (Wildman–Crippen MR) is 268 cm³/mol. The second-order valence-corrected chi connectivity index (χ2v) is 17.9. The fourth-order valence-electron chi connectivity index (χ4n) is 11.8. The van der Waals surface area contributed by atoms with Crippen molar-refractivity contribution in [2.24, 2.45) is 0 Å². The van der Waals surface area contributed by atoms with Crippen LogP contribution < -0.4 is 4.90 Å². The molecule has 0 fully saturated rings. The highest BCUT2D eigenvalue weighted by atomic mass is 15.2. The van der Waals surface area contributed by atoms with Gasteiger partial charge in [0.1, 0.15) is 0 Å². The molecular weight excluding hydrogens is 773 g/mol. The molecule has 2 unspecified atom stereocenters. The molecule has 1 aliphatic heterocycles. The van der Waals surface area contributed by atoms with Gasteiger partial charge in [0, 0.05) is 33.6 Å². The highest BCUT2D eigenvalue weighted by molar-refractivity contribution is 6.11. The molecule has 1 aromatic heterocycles. The molecule has 0 bridgehead atoms. The van der Waals surface area contributed by atoms with Gasteiger partial charge < -0.3 is 9.47 Å². The lowest BCUT2D eigenvalue weighted by Crippen LogP contribution is -2.30. The van der Waals surface area contributed by atoms with Gasteiger partial charge in [-0.3, -0.25) is 0 Å². The van der Waals surface area contributed by atoms with Crippen LogP contribution in [-0.4, -0.2) is 10.6 Å². The summed E-state index contributed by atoms with van der Waals surface area (Å²) in [6, 6.07) is 72.7. The summed E-state index contributed by atoms with van der Waals surface area (Å²) in [6.07, 6.45) is 14.4. The van der Waals surface area contributed by atoms with E-state index in [4.69, 9.17) is 0 Å². The van der Waals surface area contributed by atoms with Crippen LogP contribution >= 0.6 is 0 Å². The summed E-state index contributed by atoms with van der Waals surface area (Å²) in [5.74, 6) is 0.221. The van der Waals surface area contributed by atoms with Crippen molar-refractivity contribution in [3.05, 3.63) is 269 Å². The van der Waals surface area contributed by atoms with Gasteiger partial charge in [0.25, 0.3) is 0 Å². The molecule has 4 aliphatic rings. The fraction of sp³-hybridized carbons (Fsp3) is 0.0968. The second kappa shape index (κ2) is 14.4. The van der Waals surface area contributed by atoms with Crippen LogP contribution in [0.1, 0.15) is 57.7 Å². The summed E-state index contributed by atoms with van der Waals surface area (Å²) in [4.78, 5) is 2.55. The molecule has 0 amide bonds. The number of fused-ring (bicyclic) bond motifs is 9. The Labute approximate surface area is 375 Å². The maximum Gasteiger partial charge on any atom is 0.0730 e. The molecule has 0 spiro atoms. The Morgan fingerprint density at radius 3 is 2.05 bits per heavy atom. The summed E-state index contributed by atoms with van der Waals surface area (Å²) in [5.41, 5.74) is 21.4. The normalized spacial score (nSPS) is 18.0. The highest BCUT2D eigenvalue weighted by Crippen LogP contribution is 2.60. The van der Waals surface area contributed by atoms with Crippen molar-refractivity contribution < 1.29 is 0 Å². The molecule has 2 atom stereocenters. The van der Waals surface area contributed by atoms with Crippen LogP contribution in [0.25, 0.3) is 49.8 Å². The molecule has 0 radical (unpaired) electrons. The van der Waals surface area contributed by atoms with Crippen molar-refractivity contribution >= 4 is 44.3 Å². The summed E-state index contributed by atoms with van der Waals surface area (Å²) in [5, 5.41) is 2.53. The van der Waals surface area contributed by atoms with E-state index < -0.39 is 5.41 Å². The van der Waals surface area contributed by atoms with Crippen LogP contribution in [0.5, 0.6) is 0 Å². The number of nitrogens with zero attached hydrogens (tertiary/aromatic N) is 2. The van der Waals surface area contributed by atoms with Gasteiger partial charge in [-0.25, -0.2) is 0 Å². The van der Waals surface area contributed by atoms with Crippen molar-refractivity contribution in [1.82, 2.24) is 4.57 Å². The number of allylic oxidation sites excluding steroid dienone is 6. The molecular formula is C62H46N2. The van der Waals surface area contributed by atoms with E-state index in [1.54, 1.807) is 0 Å². The van der Waals surface area contributed by atoms with Gasteiger partial charge in [0.15, 0.2) is 0 Å².